The van der Waals surface area contributed by atoms with Crippen LogP contribution in [-0.4, -0.2) is 49.5 Å². The van der Waals surface area contributed by atoms with Crippen LogP contribution in [0.5, 0.6) is 5.88 Å². The maximum Gasteiger partial charge on any atom is 0.305 e. The summed E-state index contributed by atoms with van der Waals surface area (Å²) in [6.07, 6.45) is 9.30. The molecule has 162 valence electrons. The molecule has 1 aliphatic rings. The molecule has 2 N–H and O–H groups in total. The monoisotopic (exact) mass is 422 g/mol. The van der Waals surface area contributed by atoms with Gasteiger partial charge < -0.3 is 15.2 Å². The number of carboxylic acids is 1. The molecule has 3 aromatic heterocycles. The Kier molecular flexibility index (Phi) is 6.40. The van der Waals surface area contributed by atoms with Crippen LogP contribution in [0.4, 0.5) is 5.82 Å². The number of carboxylic acid groups (broad SMARTS) is 1. The highest BCUT2D eigenvalue weighted by Crippen LogP contribution is 2.24. The van der Waals surface area contributed by atoms with Crippen LogP contribution in [0.25, 0.3) is 0 Å². The number of fused-ring (bicyclic) bond motifs is 1. The third-order valence-corrected chi connectivity index (χ3v) is 5.43. The third-order valence-electron chi connectivity index (χ3n) is 5.43. The first-order valence-electron chi connectivity index (χ1n) is 10.5. The van der Waals surface area contributed by atoms with Crippen LogP contribution < -0.4 is 10.1 Å². The number of anilines is 1. The van der Waals surface area contributed by atoms with Gasteiger partial charge in [0, 0.05) is 24.1 Å². The van der Waals surface area contributed by atoms with Crippen LogP contribution in [0.1, 0.15) is 47.9 Å². The largest absolute Gasteiger partial charge is 0.481 e. The molecule has 31 heavy (non-hydrogen) atoms. The van der Waals surface area contributed by atoms with Crippen molar-refractivity contribution in [3.05, 3.63) is 59.4 Å². The molecule has 4 heterocycles. The number of aryl methyl sites for hydroxylation is 3. The molecule has 0 fully saturated rings. The van der Waals surface area contributed by atoms with Crippen molar-refractivity contribution in [2.75, 3.05) is 19.0 Å². The summed E-state index contributed by atoms with van der Waals surface area (Å²) in [5.41, 5.74) is 3.84. The fraction of sp³-hybridized carbons (Fsp3) is 0.409. The van der Waals surface area contributed by atoms with E-state index in [1.54, 1.807) is 17.1 Å². The van der Waals surface area contributed by atoms with Crippen LogP contribution in [0.3, 0.4) is 0 Å². The summed E-state index contributed by atoms with van der Waals surface area (Å²) in [6.45, 7) is 0.974. The molecule has 1 unspecified atom stereocenters. The molecule has 0 saturated carbocycles. The number of methoxy groups -OCH3 is 1. The Bertz CT molecular complexity index is 1030. The molecule has 4 rings (SSSR count). The summed E-state index contributed by atoms with van der Waals surface area (Å²) in [4.78, 5) is 24.8. The average Bonchev–Trinajstić information content (AvgIpc) is 3.25. The molecule has 1 aliphatic heterocycles. The molecular formula is C22H26N6O3. The summed E-state index contributed by atoms with van der Waals surface area (Å²) in [7, 11) is 1.51. The number of carbonyl (C=O) groups is 1. The Labute approximate surface area is 180 Å². The number of aromatic nitrogens is 5. The van der Waals surface area contributed by atoms with Crippen LogP contribution in [0.2, 0.25) is 0 Å². The molecular weight excluding hydrogens is 396 g/mol. The van der Waals surface area contributed by atoms with E-state index < -0.39 is 12.0 Å². The van der Waals surface area contributed by atoms with E-state index in [2.05, 4.69) is 32.5 Å². The molecule has 0 aromatic carbocycles. The Balaban J connectivity index is 1.46. The van der Waals surface area contributed by atoms with Gasteiger partial charge in [-0.1, -0.05) is 6.07 Å². The topological polar surface area (TPSA) is 115 Å². The maximum absolute atomic E-state index is 11.5. The zero-order valence-electron chi connectivity index (χ0n) is 17.5. The van der Waals surface area contributed by atoms with Crippen molar-refractivity contribution in [1.82, 2.24) is 24.7 Å². The number of nitrogens with zero attached hydrogens (tertiary/aromatic N) is 5. The highest BCUT2D eigenvalue weighted by atomic mass is 16.5. The lowest BCUT2D eigenvalue weighted by Crippen LogP contribution is -2.20. The second-order valence-electron chi connectivity index (χ2n) is 7.56. The van der Waals surface area contributed by atoms with Crippen molar-refractivity contribution in [3.8, 4) is 5.88 Å². The van der Waals surface area contributed by atoms with Crippen LogP contribution in [-0.2, 0) is 24.1 Å². The Morgan fingerprint density at radius 1 is 1.26 bits per heavy atom. The van der Waals surface area contributed by atoms with Gasteiger partial charge in [-0.2, -0.15) is 5.10 Å². The van der Waals surface area contributed by atoms with Crippen LogP contribution in [0, 0.1) is 0 Å². The van der Waals surface area contributed by atoms with E-state index in [9.17, 15) is 9.90 Å². The average molecular weight is 422 g/mol. The number of hydrogen-bond acceptors (Lipinski definition) is 7. The lowest BCUT2D eigenvalue weighted by Gasteiger charge is -2.19. The zero-order chi connectivity index (χ0) is 21.6. The van der Waals surface area contributed by atoms with Crippen molar-refractivity contribution < 1.29 is 14.6 Å². The van der Waals surface area contributed by atoms with E-state index in [4.69, 9.17) is 9.72 Å². The van der Waals surface area contributed by atoms with E-state index in [0.29, 0.717) is 11.6 Å². The van der Waals surface area contributed by atoms with Gasteiger partial charge in [-0.15, -0.1) is 0 Å². The zero-order valence-corrected chi connectivity index (χ0v) is 17.5. The standard InChI is InChI=1S/C22H26N6O3/c1-31-20-14-24-18(13-25-20)19(12-21(29)30)28-17(9-11-26-28)6-2-5-16-8-7-15-4-3-10-23-22(15)27-16/h7-9,11,13-14,19H,2-6,10,12H2,1H3,(H,23,27)(H,29,30). The van der Waals surface area contributed by atoms with E-state index in [-0.39, 0.29) is 6.42 Å². The maximum atomic E-state index is 11.5. The van der Waals surface area contributed by atoms with Gasteiger partial charge in [-0.05, 0) is 49.8 Å². The highest BCUT2D eigenvalue weighted by molar-refractivity contribution is 5.67. The van der Waals surface area contributed by atoms with Gasteiger partial charge in [-0.3, -0.25) is 14.5 Å². The molecule has 9 nitrogen and oxygen atoms in total. The second kappa shape index (κ2) is 9.55. The fourth-order valence-corrected chi connectivity index (χ4v) is 3.86. The molecule has 0 amide bonds. The van der Waals surface area contributed by atoms with Crippen LogP contribution in [0.15, 0.2) is 36.8 Å². The summed E-state index contributed by atoms with van der Waals surface area (Å²) >= 11 is 0. The van der Waals surface area contributed by atoms with Crippen molar-refractivity contribution >= 4 is 11.8 Å². The predicted octanol–water partition coefficient (Wildman–Crippen LogP) is 2.67. The van der Waals surface area contributed by atoms with E-state index in [1.807, 2.05) is 6.07 Å². The first-order valence-corrected chi connectivity index (χ1v) is 10.5. The smallest absolute Gasteiger partial charge is 0.305 e. The Morgan fingerprint density at radius 2 is 2.16 bits per heavy atom. The second-order valence-corrected chi connectivity index (χ2v) is 7.56. The normalized spacial score (nSPS) is 13.8. The van der Waals surface area contributed by atoms with Crippen molar-refractivity contribution in [2.24, 2.45) is 0 Å². The summed E-state index contributed by atoms with van der Waals surface area (Å²) in [6, 6.07) is 5.66. The molecule has 0 radical (unpaired) electrons. The molecule has 0 bridgehead atoms. The van der Waals surface area contributed by atoms with Gasteiger partial charge in [0.25, 0.3) is 0 Å². The number of nitrogens with one attached hydrogen (secondary N) is 1. The van der Waals surface area contributed by atoms with Gasteiger partial charge in [0.15, 0.2) is 0 Å². The van der Waals surface area contributed by atoms with Gasteiger partial charge in [0.05, 0.1) is 31.6 Å². The minimum Gasteiger partial charge on any atom is -0.481 e. The van der Waals surface area contributed by atoms with Crippen molar-refractivity contribution in [3.63, 3.8) is 0 Å². The minimum absolute atomic E-state index is 0.131. The number of rotatable bonds is 9. The van der Waals surface area contributed by atoms with E-state index in [1.165, 1.54) is 18.9 Å². The van der Waals surface area contributed by atoms with Gasteiger partial charge in [0.1, 0.15) is 11.9 Å². The number of ether oxygens (including phenoxy) is 1. The SMILES string of the molecule is COc1cnc(C(CC(=O)O)n2nccc2CCCc2ccc3c(n2)NCCC3)cn1. The first-order chi connectivity index (χ1) is 15.1. The molecule has 0 aliphatic carbocycles. The quantitative estimate of drug-likeness (QED) is 0.541. The molecule has 1 atom stereocenters. The van der Waals surface area contributed by atoms with E-state index >= 15 is 0 Å². The third kappa shape index (κ3) is 4.99. The Hall–Kier alpha value is -3.49. The van der Waals surface area contributed by atoms with Gasteiger partial charge in [0.2, 0.25) is 5.88 Å². The number of pyridine rings is 1. The Morgan fingerprint density at radius 3 is 2.94 bits per heavy atom. The molecule has 0 saturated heterocycles. The minimum atomic E-state index is -0.921. The lowest BCUT2D eigenvalue weighted by atomic mass is 10.1. The van der Waals surface area contributed by atoms with Crippen molar-refractivity contribution in [1.29, 1.82) is 0 Å². The first kappa shape index (κ1) is 20.8. The summed E-state index contributed by atoms with van der Waals surface area (Å²) < 4.78 is 6.79. The number of aliphatic carboxylic acids is 1. The lowest BCUT2D eigenvalue weighted by molar-refractivity contribution is -0.137. The summed E-state index contributed by atoms with van der Waals surface area (Å²) in [5.74, 6) is 0.466. The molecule has 9 heteroatoms. The van der Waals surface area contributed by atoms with Gasteiger partial charge >= 0.3 is 5.97 Å². The van der Waals surface area contributed by atoms with Crippen LogP contribution >= 0.6 is 0 Å². The van der Waals surface area contributed by atoms with E-state index in [0.717, 1.165) is 55.9 Å². The summed E-state index contributed by atoms with van der Waals surface area (Å²) in [5, 5.41) is 17.2. The number of hydrogen-bond donors (Lipinski definition) is 2. The highest BCUT2D eigenvalue weighted by Gasteiger charge is 2.22. The predicted molar refractivity (Wildman–Crippen MR) is 114 cm³/mol. The van der Waals surface area contributed by atoms with Gasteiger partial charge in [-0.25, -0.2) is 9.97 Å². The molecule has 3 aromatic rings. The molecule has 0 spiro atoms. The van der Waals surface area contributed by atoms with Crippen molar-refractivity contribution in [2.45, 2.75) is 44.6 Å². The fourth-order valence-electron chi connectivity index (χ4n) is 3.86.